The lowest BCUT2D eigenvalue weighted by Crippen LogP contribution is -2.59. The highest BCUT2D eigenvalue weighted by Gasteiger charge is 2.33. The summed E-state index contributed by atoms with van der Waals surface area (Å²) in [5.74, 6) is -2.19. The SMILES string of the molecule is CCC(C)C(NC(=O)C(CC(C)C)NC(=O)C(NC(=O)C(N)CCSC)C(C)CC)C(=O)O. The van der Waals surface area contributed by atoms with E-state index in [1.165, 1.54) is 0 Å². The molecule has 33 heavy (non-hydrogen) atoms. The van der Waals surface area contributed by atoms with Gasteiger partial charge in [-0.3, -0.25) is 14.4 Å². The van der Waals surface area contributed by atoms with Crippen LogP contribution in [0.1, 0.15) is 67.2 Å². The minimum absolute atomic E-state index is 0.0736. The number of rotatable bonds is 16. The third-order valence-electron chi connectivity index (χ3n) is 5.88. The van der Waals surface area contributed by atoms with Crippen molar-refractivity contribution in [1.29, 1.82) is 0 Å². The third-order valence-corrected chi connectivity index (χ3v) is 6.52. The van der Waals surface area contributed by atoms with Crippen LogP contribution in [0.3, 0.4) is 0 Å². The van der Waals surface area contributed by atoms with Crippen LogP contribution in [-0.4, -0.2) is 65.0 Å². The number of carboxylic acid groups (broad SMARTS) is 1. The highest BCUT2D eigenvalue weighted by atomic mass is 32.2. The molecule has 6 unspecified atom stereocenters. The Hall–Kier alpha value is -1.81. The van der Waals surface area contributed by atoms with Crippen molar-refractivity contribution in [3.05, 3.63) is 0 Å². The van der Waals surface area contributed by atoms with Crippen LogP contribution in [0, 0.1) is 17.8 Å². The summed E-state index contributed by atoms with van der Waals surface area (Å²) in [5.41, 5.74) is 5.96. The summed E-state index contributed by atoms with van der Waals surface area (Å²) in [5, 5.41) is 17.6. The van der Waals surface area contributed by atoms with E-state index in [2.05, 4.69) is 16.0 Å². The van der Waals surface area contributed by atoms with Crippen molar-refractivity contribution in [2.45, 2.75) is 91.4 Å². The molecule has 3 amide bonds. The van der Waals surface area contributed by atoms with Crippen LogP contribution in [0.5, 0.6) is 0 Å². The Bertz CT molecular complexity index is 646. The van der Waals surface area contributed by atoms with Gasteiger partial charge in [-0.15, -0.1) is 0 Å². The van der Waals surface area contributed by atoms with Gasteiger partial charge in [-0.2, -0.15) is 11.8 Å². The molecular formula is C23H44N4O5S. The molecule has 0 aliphatic rings. The summed E-state index contributed by atoms with van der Waals surface area (Å²) in [7, 11) is 0. The summed E-state index contributed by atoms with van der Waals surface area (Å²) in [6.45, 7) is 11.2. The molecule has 0 aliphatic heterocycles. The molecule has 10 heteroatoms. The molecule has 0 aliphatic carbocycles. The molecule has 6 atom stereocenters. The number of aliphatic carboxylic acids is 1. The van der Waals surface area contributed by atoms with Crippen molar-refractivity contribution in [2.24, 2.45) is 23.5 Å². The predicted molar refractivity (Wildman–Crippen MR) is 133 cm³/mol. The molecule has 0 saturated carbocycles. The normalized spacial score (nSPS) is 16.8. The van der Waals surface area contributed by atoms with Gasteiger partial charge in [-0.05, 0) is 42.6 Å². The van der Waals surface area contributed by atoms with E-state index in [0.717, 1.165) is 5.75 Å². The smallest absolute Gasteiger partial charge is 0.326 e. The number of carboxylic acids is 1. The molecule has 0 aromatic heterocycles. The van der Waals surface area contributed by atoms with E-state index in [4.69, 9.17) is 5.73 Å². The van der Waals surface area contributed by atoms with Gasteiger partial charge in [0.15, 0.2) is 0 Å². The second kappa shape index (κ2) is 15.9. The number of carbonyl (C=O) groups excluding carboxylic acids is 3. The standard InChI is InChI=1S/C23H44N4O5S/c1-8-14(5)18(26-20(28)16(24)10-11-33-7)22(30)25-17(12-13(3)4)21(29)27-19(23(31)32)15(6)9-2/h13-19H,8-12,24H2,1-7H3,(H,25,30)(H,26,28)(H,27,29)(H,31,32). The quantitative estimate of drug-likeness (QED) is 0.222. The maximum atomic E-state index is 13.2. The Labute approximate surface area is 202 Å². The first-order valence-corrected chi connectivity index (χ1v) is 13.2. The second-order valence-corrected chi connectivity index (χ2v) is 10.1. The van der Waals surface area contributed by atoms with Crippen molar-refractivity contribution in [3.8, 4) is 0 Å². The van der Waals surface area contributed by atoms with Crippen LogP contribution in [0.25, 0.3) is 0 Å². The molecule has 0 radical (unpaired) electrons. The van der Waals surface area contributed by atoms with Gasteiger partial charge < -0.3 is 26.8 Å². The number of amides is 3. The number of hydrogen-bond donors (Lipinski definition) is 5. The first-order valence-electron chi connectivity index (χ1n) is 11.8. The van der Waals surface area contributed by atoms with E-state index in [1.807, 2.05) is 40.9 Å². The Balaban J connectivity index is 5.55. The van der Waals surface area contributed by atoms with Crippen molar-refractivity contribution >= 4 is 35.5 Å². The first kappa shape index (κ1) is 31.2. The largest absolute Gasteiger partial charge is 0.480 e. The van der Waals surface area contributed by atoms with Crippen molar-refractivity contribution in [1.82, 2.24) is 16.0 Å². The van der Waals surface area contributed by atoms with Crippen molar-refractivity contribution < 1.29 is 24.3 Å². The molecule has 9 nitrogen and oxygen atoms in total. The van der Waals surface area contributed by atoms with Gasteiger partial charge in [-0.1, -0.05) is 54.4 Å². The van der Waals surface area contributed by atoms with Crippen LogP contribution < -0.4 is 21.7 Å². The summed E-state index contributed by atoms with van der Waals surface area (Å²) >= 11 is 1.59. The molecule has 0 spiro atoms. The van der Waals surface area contributed by atoms with Crippen LogP contribution in [0.15, 0.2) is 0 Å². The first-order chi connectivity index (χ1) is 15.4. The fraction of sp³-hybridized carbons (Fsp3) is 0.826. The zero-order valence-electron chi connectivity index (χ0n) is 21.1. The number of thioether (sulfide) groups is 1. The summed E-state index contributed by atoms with van der Waals surface area (Å²) < 4.78 is 0. The van der Waals surface area contributed by atoms with E-state index >= 15 is 0 Å². The molecule has 0 fully saturated rings. The minimum Gasteiger partial charge on any atom is -0.480 e. The molecule has 0 heterocycles. The molecular weight excluding hydrogens is 444 g/mol. The Morgan fingerprint density at radius 3 is 1.82 bits per heavy atom. The molecule has 0 aromatic carbocycles. The number of nitrogens with two attached hydrogens (primary N) is 1. The minimum atomic E-state index is -1.11. The van der Waals surface area contributed by atoms with Gasteiger partial charge in [0, 0.05) is 0 Å². The summed E-state index contributed by atoms with van der Waals surface area (Å²) in [6.07, 6.45) is 3.97. The van der Waals surface area contributed by atoms with Gasteiger partial charge in [0.05, 0.1) is 6.04 Å². The van der Waals surface area contributed by atoms with Gasteiger partial charge in [0.25, 0.3) is 0 Å². The Morgan fingerprint density at radius 1 is 0.848 bits per heavy atom. The van der Waals surface area contributed by atoms with E-state index < -0.39 is 47.9 Å². The van der Waals surface area contributed by atoms with Gasteiger partial charge in [-0.25, -0.2) is 4.79 Å². The van der Waals surface area contributed by atoms with Gasteiger partial charge >= 0.3 is 5.97 Å². The highest BCUT2D eigenvalue weighted by Crippen LogP contribution is 2.13. The van der Waals surface area contributed by atoms with E-state index in [-0.39, 0.29) is 17.8 Å². The number of hydrogen-bond acceptors (Lipinski definition) is 6. The maximum absolute atomic E-state index is 13.2. The predicted octanol–water partition coefficient (Wildman–Crippen LogP) is 1.74. The van der Waals surface area contributed by atoms with Crippen LogP contribution in [0.4, 0.5) is 0 Å². The van der Waals surface area contributed by atoms with E-state index in [1.54, 1.807) is 18.7 Å². The van der Waals surface area contributed by atoms with Crippen LogP contribution >= 0.6 is 11.8 Å². The van der Waals surface area contributed by atoms with Crippen LogP contribution in [0.2, 0.25) is 0 Å². The maximum Gasteiger partial charge on any atom is 0.326 e. The van der Waals surface area contributed by atoms with Gasteiger partial charge in [0.1, 0.15) is 18.1 Å². The van der Waals surface area contributed by atoms with Crippen LogP contribution in [-0.2, 0) is 19.2 Å². The van der Waals surface area contributed by atoms with E-state index in [0.29, 0.717) is 25.7 Å². The van der Waals surface area contributed by atoms with Crippen molar-refractivity contribution in [3.63, 3.8) is 0 Å². The lowest BCUT2D eigenvalue weighted by atomic mass is 9.95. The Morgan fingerprint density at radius 2 is 1.36 bits per heavy atom. The zero-order valence-corrected chi connectivity index (χ0v) is 22.0. The second-order valence-electron chi connectivity index (χ2n) is 9.16. The highest BCUT2D eigenvalue weighted by molar-refractivity contribution is 7.98. The monoisotopic (exact) mass is 488 g/mol. The third kappa shape index (κ3) is 11.2. The lowest BCUT2D eigenvalue weighted by Gasteiger charge is -2.29. The lowest BCUT2D eigenvalue weighted by molar-refractivity contribution is -0.144. The zero-order chi connectivity index (χ0) is 25.7. The molecule has 0 saturated heterocycles. The Kier molecular flexibility index (Phi) is 15.1. The van der Waals surface area contributed by atoms with E-state index in [9.17, 15) is 24.3 Å². The fourth-order valence-electron chi connectivity index (χ4n) is 3.24. The van der Waals surface area contributed by atoms with Gasteiger partial charge in [0.2, 0.25) is 17.7 Å². The average Bonchev–Trinajstić information content (AvgIpc) is 2.76. The fourth-order valence-corrected chi connectivity index (χ4v) is 3.73. The van der Waals surface area contributed by atoms with Crippen molar-refractivity contribution in [2.75, 3.05) is 12.0 Å². The topological polar surface area (TPSA) is 151 Å². The summed E-state index contributed by atoms with van der Waals surface area (Å²) in [6, 6.07) is -3.54. The molecule has 0 aromatic rings. The molecule has 192 valence electrons. The number of nitrogens with one attached hydrogen (secondary N) is 3. The molecule has 0 bridgehead atoms. The average molecular weight is 489 g/mol. The summed E-state index contributed by atoms with van der Waals surface area (Å²) in [4.78, 5) is 50.3. The molecule has 0 rings (SSSR count). The molecule has 6 N–H and O–H groups in total. The number of carbonyl (C=O) groups is 4.